The van der Waals surface area contributed by atoms with Crippen LogP contribution in [0.5, 0.6) is 0 Å². The number of aliphatic hydroxyl groups excluding tert-OH is 1. The molecule has 0 radical (unpaired) electrons. The standard InChI is InChI=1S/C34H46N4O5/c1-4-33-20-21-34(43-33)28(27(33)30(40)35-24-14-10-9-11-15-24)32(42)38(22-12-7-8-13-23-39)29(34)31(41)36-25-16-18-26(19-17-25)37(5-2)6-3/h9-11,14-19,27-29,39H,4-8,12-13,20-23H2,1-3H3,(H,35,40)(H,36,41)/t27-,28+,29?,33+,34?/m1/s1. The van der Waals surface area contributed by atoms with Gasteiger partial charge in [-0.2, -0.15) is 0 Å². The van der Waals surface area contributed by atoms with E-state index < -0.39 is 29.1 Å². The molecule has 9 heteroatoms. The normalized spacial score (nSPS) is 27.3. The first-order valence-electron chi connectivity index (χ1n) is 16.0. The maximum atomic E-state index is 14.3. The molecule has 3 fully saturated rings. The zero-order valence-electron chi connectivity index (χ0n) is 25.7. The van der Waals surface area contributed by atoms with Gasteiger partial charge < -0.3 is 30.3 Å². The highest BCUT2D eigenvalue weighted by atomic mass is 16.5. The molecule has 232 valence electrons. The second kappa shape index (κ2) is 13.1. The molecule has 1 spiro atoms. The van der Waals surface area contributed by atoms with E-state index in [4.69, 9.17) is 4.74 Å². The number of carbonyl (C=O) groups excluding carboxylic acids is 3. The van der Waals surface area contributed by atoms with Gasteiger partial charge in [-0.05, 0) is 82.3 Å². The van der Waals surface area contributed by atoms with Crippen LogP contribution in [0.1, 0.15) is 65.7 Å². The summed E-state index contributed by atoms with van der Waals surface area (Å²) in [4.78, 5) is 46.3. The Balaban J connectivity index is 1.44. The summed E-state index contributed by atoms with van der Waals surface area (Å²) in [5.74, 6) is -2.12. The van der Waals surface area contributed by atoms with Gasteiger partial charge in [0.2, 0.25) is 17.7 Å². The van der Waals surface area contributed by atoms with E-state index in [0.29, 0.717) is 50.0 Å². The summed E-state index contributed by atoms with van der Waals surface area (Å²) in [7, 11) is 0. The van der Waals surface area contributed by atoms with E-state index in [-0.39, 0.29) is 24.3 Å². The van der Waals surface area contributed by atoms with Crippen molar-refractivity contribution in [2.24, 2.45) is 11.8 Å². The van der Waals surface area contributed by atoms with Crippen molar-refractivity contribution in [1.29, 1.82) is 0 Å². The summed E-state index contributed by atoms with van der Waals surface area (Å²) < 4.78 is 6.86. The molecule has 0 aromatic heterocycles. The number of amides is 3. The summed E-state index contributed by atoms with van der Waals surface area (Å²) >= 11 is 0. The smallest absolute Gasteiger partial charge is 0.250 e. The topological polar surface area (TPSA) is 111 Å². The number of unbranched alkanes of at least 4 members (excludes halogenated alkanes) is 3. The molecule has 5 atom stereocenters. The Labute approximate surface area is 255 Å². The second-order valence-corrected chi connectivity index (χ2v) is 12.1. The molecule has 43 heavy (non-hydrogen) atoms. The average molecular weight is 591 g/mol. The molecule has 0 saturated carbocycles. The van der Waals surface area contributed by atoms with E-state index >= 15 is 0 Å². The van der Waals surface area contributed by atoms with E-state index in [1.54, 1.807) is 4.90 Å². The molecule has 9 nitrogen and oxygen atoms in total. The lowest BCUT2D eigenvalue weighted by Gasteiger charge is -2.34. The third-order valence-corrected chi connectivity index (χ3v) is 9.82. The van der Waals surface area contributed by atoms with Crippen molar-refractivity contribution >= 4 is 34.8 Å². The van der Waals surface area contributed by atoms with Crippen molar-refractivity contribution in [2.75, 3.05) is 41.8 Å². The number of para-hydroxylation sites is 1. The minimum Gasteiger partial charge on any atom is -0.396 e. The Morgan fingerprint density at radius 1 is 0.907 bits per heavy atom. The van der Waals surface area contributed by atoms with Gasteiger partial charge in [0.25, 0.3) is 0 Å². The minimum absolute atomic E-state index is 0.136. The van der Waals surface area contributed by atoms with Gasteiger partial charge in [-0.25, -0.2) is 0 Å². The predicted octanol–water partition coefficient (Wildman–Crippen LogP) is 4.82. The van der Waals surface area contributed by atoms with Crippen LogP contribution in [0.15, 0.2) is 54.6 Å². The molecule has 3 aliphatic heterocycles. The predicted molar refractivity (Wildman–Crippen MR) is 168 cm³/mol. The molecule has 2 bridgehead atoms. The monoisotopic (exact) mass is 590 g/mol. The van der Waals surface area contributed by atoms with Crippen LogP contribution in [0.25, 0.3) is 0 Å². The summed E-state index contributed by atoms with van der Waals surface area (Å²) in [5, 5.41) is 15.3. The highest BCUT2D eigenvalue weighted by molar-refractivity contribution is 6.05. The molecule has 3 amide bonds. The number of aliphatic hydroxyl groups is 1. The third kappa shape index (κ3) is 5.65. The van der Waals surface area contributed by atoms with Crippen molar-refractivity contribution in [3.05, 3.63) is 54.6 Å². The highest BCUT2D eigenvalue weighted by Gasteiger charge is 2.78. The molecular formula is C34H46N4O5. The van der Waals surface area contributed by atoms with Crippen molar-refractivity contribution < 1.29 is 24.2 Å². The summed E-state index contributed by atoms with van der Waals surface area (Å²) in [6.45, 7) is 8.53. The second-order valence-electron chi connectivity index (χ2n) is 12.1. The first-order chi connectivity index (χ1) is 20.8. The Morgan fingerprint density at radius 3 is 2.21 bits per heavy atom. The number of nitrogens with one attached hydrogen (secondary N) is 2. The largest absolute Gasteiger partial charge is 0.396 e. The van der Waals surface area contributed by atoms with Gasteiger partial charge in [-0.3, -0.25) is 14.4 Å². The number of carbonyl (C=O) groups is 3. The highest BCUT2D eigenvalue weighted by Crippen LogP contribution is 2.64. The maximum Gasteiger partial charge on any atom is 0.250 e. The van der Waals surface area contributed by atoms with Crippen LogP contribution in [0.3, 0.4) is 0 Å². The molecule has 3 saturated heterocycles. The average Bonchev–Trinajstić information content (AvgIpc) is 3.62. The van der Waals surface area contributed by atoms with Crippen LogP contribution >= 0.6 is 0 Å². The third-order valence-electron chi connectivity index (χ3n) is 9.82. The molecule has 2 aromatic carbocycles. The maximum absolute atomic E-state index is 14.3. The van der Waals surface area contributed by atoms with E-state index in [9.17, 15) is 19.5 Å². The van der Waals surface area contributed by atoms with Gasteiger partial charge >= 0.3 is 0 Å². The Kier molecular flexibility index (Phi) is 9.42. The van der Waals surface area contributed by atoms with E-state index in [1.807, 2.05) is 61.5 Å². The number of hydrogen-bond donors (Lipinski definition) is 3. The van der Waals surface area contributed by atoms with Gasteiger partial charge in [0.1, 0.15) is 11.6 Å². The van der Waals surface area contributed by atoms with Crippen molar-refractivity contribution in [2.45, 2.75) is 83.0 Å². The molecule has 3 N–H and O–H groups in total. The molecule has 2 aromatic rings. The lowest BCUT2D eigenvalue weighted by molar-refractivity contribution is -0.144. The van der Waals surface area contributed by atoms with Crippen LogP contribution in [0.4, 0.5) is 17.1 Å². The van der Waals surface area contributed by atoms with Crippen LogP contribution < -0.4 is 15.5 Å². The lowest BCUT2D eigenvalue weighted by atomic mass is 9.65. The van der Waals surface area contributed by atoms with Crippen LogP contribution in [0.2, 0.25) is 0 Å². The SMILES string of the molecule is CCN(CC)c1ccc(NC(=O)C2N(CCCCCCO)C(=O)[C@@H]3[C@H](C(=O)Nc4ccccc4)[C@]4(CC)CCC23O4)cc1. The lowest BCUT2D eigenvalue weighted by Crippen LogP contribution is -2.53. The Hall–Kier alpha value is -3.43. The molecule has 5 rings (SSSR count). The van der Waals surface area contributed by atoms with E-state index in [1.165, 1.54) is 0 Å². The zero-order chi connectivity index (χ0) is 30.6. The van der Waals surface area contributed by atoms with E-state index in [0.717, 1.165) is 31.6 Å². The Bertz CT molecular complexity index is 1280. The van der Waals surface area contributed by atoms with Gasteiger partial charge in [0, 0.05) is 43.3 Å². The molecular weight excluding hydrogens is 544 g/mol. The number of likely N-dealkylation sites (tertiary alicyclic amines) is 1. The molecule has 3 aliphatic rings. The van der Waals surface area contributed by atoms with Gasteiger partial charge in [-0.15, -0.1) is 0 Å². The van der Waals surface area contributed by atoms with Gasteiger partial charge in [0.15, 0.2) is 0 Å². The number of hydrogen-bond acceptors (Lipinski definition) is 6. The zero-order valence-corrected chi connectivity index (χ0v) is 25.7. The quantitative estimate of drug-likeness (QED) is 0.272. The summed E-state index contributed by atoms with van der Waals surface area (Å²) in [6.07, 6.45) is 4.84. The van der Waals surface area contributed by atoms with Crippen molar-refractivity contribution in [3.63, 3.8) is 0 Å². The number of nitrogens with zero attached hydrogens (tertiary/aromatic N) is 2. The summed E-state index contributed by atoms with van der Waals surface area (Å²) in [6, 6.07) is 16.2. The van der Waals surface area contributed by atoms with Gasteiger partial charge in [-0.1, -0.05) is 38.0 Å². The molecule has 3 heterocycles. The number of anilines is 3. The van der Waals surface area contributed by atoms with Crippen LogP contribution in [-0.2, 0) is 19.1 Å². The first kappa shape index (κ1) is 31.0. The molecule has 2 unspecified atom stereocenters. The number of ether oxygens (including phenoxy) is 1. The van der Waals surface area contributed by atoms with Crippen LogP contribution in [-0.4, -0.2) is 71.2 Å². The Morgan fingerprint density at radius 2 is 1.56 bits per heavy atom. The number of fused-ring (bicyclic) bond motifs is 1. The number of rotatable bonds is 14. The van der Waals surface area contributed by atoms with Gasteiger partial charge in [0.05, 0.1) is 17.4 Å². The van der Waals surface area contributed by atoms with E-state index in [2.05, 4.69) is 29.4 Å². The molecule has 0 aliphatic carbocycles. The number of benzene rings is 2. The van der Waals surface area contributed by atoms with Crippen molar-refractivity contribution in [1.82, 2.24) is 4.90 Å². The first-order valence-corrected chi connectivity index (χ1v) is 16.0. The fourth-order valence-electron chi connectivity index (χ4n) is 7.70. The minimum atomic E-state index is -1.07. The van der Waals surface area contributed by atoms with Crippen LogP contribution in [0, 0.1) is 11.8 Å². The fourth-order valence-corrected chi connectivity index (χ4v) is 7.70. The van der Waals surface area contributed by atoms with Crippen molar-refractivity contribution in [3.8, 4) is 0 Å². The fraction of sp³-hybridized carbons (Fsp3) is 0.559. The summed E-state index contributed by atoms with van der Waals surface area (Å²) in [5.41, 5.74) is 0.548.